The Labute approximate surface area is 151 Å². The van der Waals surface area contributed by atoms with E-state index in [9.17, 15) is 19.7 Å². The van der Waals surface area contributed by atoms with Crippen LogP contribution in [0.15, 0.2) is 29.7 Å². The summed E-state index contributed by atoms with van der Waals surface area (Å²) in [7, 11) is 0. The normalized spacial score (nSPS) is 17.0. The molecule has 1 amide bonds. The third-order valence-electron chi connectivity index (χ3n) is 4.11. The molecule has 0 aliphatic carbocycles. The van der Waals surface area contributed by atoms with Crippen molar-refractivity contribution in [1.29, 1.82) is 0 Å². The van der Waals surface area contributed by atoms with Gasteiger partial charge < -0.3 is 9.64 Å². The number of benzene rings is 1. The van der Waals surface area contributed by atoms with Crippen molar-refractivity contribution in [2.45, 2.75) is 24.7 Å². The van der Waals surface area contributed by atoms with Gasteiger partial charge in [0.25, 0.3) is 11.6 Å². The summed E-state index contributed by atoms with van der Waals surface area (Å²) >= 11 is 4.04. The smallest absolute Gasteiger partial charge is 0.310 e. The van der Waals surface area contributed by atoms with Gasteiger partial charge in [-0.25, -0.2) is 0 Å². The minimum absolute atomic E-state index is 0.154. The molecule has 1 atom stereocenters. The minimum Gasteiger partial charge on any atom is -0.466 e. The van der Waals surface area contributed by atoms with Crippen LogP contribution in [-0.2, 0) is 14.3 Å². The van der Waals surface area contributed by atoms with Crippen molar-refractivity contribution in [3.05, 3.63) is 40.5 Å². The molecular weight excluding hydrogens is 344 g/mol. The van der Waals surface area contributed by atoms with Crippen LogP contribution < -0.4 is 0 Å². The van der Waals surface area contributed by atoms with Gasteiger partial charge in [0.15, 0.2) is 0 Å². The van der Waals surface area contributed by atoms with Crippen molar-refractivity contribution in [3.63, 3.8) is 0 Å². The zero-order chi connectivity index (χ0) is 18.6. The number of nitro groups is 1. The number of hydrogen-bond acceptors (Lipinski definition) is 6. The molecule has 7 nitrogen and oxygen atoms in total. The van der Waals surface area contributed by atoms with E-state index in [1.807, 2.05) is 0 Å². The average Bonchev–Trinajstić information content (AvgIpc) is 2.61. The lowest BCUT2D eigenvalue weighted by Crippen LogP contribution is -2.43. The van der Waals surface area contributed by atoms with E-state index in [0.717, 1.165) is 0 Å². The predicted molar refractivity (Wildman–Crippen MR) is 95.3 cm³/mol. The van der Waals surface area contributed by atoms with E-state index in [4.69, 9.17) is 4.74 Å². The van der Waals surface area contributed by atoms with Crippen LogP contribution in [0.1, 0.15) is 25.3 Å². The molecule has 1 aliphatic rings. The molecule has 1 heterocycles. The van der Waals surface area contributed by atoms with Crippen molar-refractivity contribution >= 4 is 35.8 Å². The molecule has 1 fully saturated rings. The van der Waals surface area contributed by atoms with Gasteiger partial charge in [0, 0.05) is 24.7 Å². The molecule has 1 aliphatic heterocycles. The lowest BCUT2D eigenvalue weighted by atomic mass is 9.96. The SMILES string of the molecule is C=C(C(=O)N1CCCC(C(=O)OCC)C1)c1ccc(S)c([N+](=O)[O-])c1. The number of hydrogen-bond donors (Lipinski definition) is 1. The molecule has 25 heavy (non-hydrogen) atoms. The molecule has 0 bridgehead atoms. The summed E-state index contributed by atoms with van der Waals surface area (Å²) in [5.41, 5.74) is 0.339. The number of piperidine rings is 1. The Morgan fingerprint density at radius 1 is 1.48 bits per heavy atom. The first-order valence-electron chi connectivity index (χ1n) is 7.97. The number of thiol groups is 1. The molecular formula is C17H20N2O5S. The second kappa shape index (κ2) is 8.15. The molecule has 0 N–H and O–H groups in total. The van der Waals surface area contributed by atoms with Crippen molar-refractivity contribution in [2.75, 3.05) is 19.7 Å². The fourth-order valence-electron chi connectivity index (χ4n) is 2.79. The third kappa shape index (κ3) is 4.39. The second-order valence-corrected chi connectivity index (χ2v) is 6.26. The van der Waals surface area contributed by atoms with Crippen molar-refractivity contribution in [1.82, 2.24) is 4.90 Å². The maximum absolute atomic E-state index is 12.7. The summed E-state index contributed by atoms with van der Waals surface area (Å²) in [5.74, 6) is -0.990. The Balaban J connectivity index is 2.14. The lowest BCUT2D eigenvalue weighted by molar-refractivity contribution is -0.387. The monoisotopic (exact) mass is 364 g/mol. The average molecular weight is 364 g/mol. The van der Waals surface area contributed by atoms with Gasteiger partial charge in [-0.2, -0.15) is 0 Å². The van der Waals surface area contributed by atoms with E-state index in [1.165, 1.54) is 12.1 Å². The van der Waals surface area contributed by atoms with Crippen molar-refractivity contribution in [3.8, 4) is 0 Å². The summed E-state index contributed by atoms with van der Waals surface area (Å²) in [6, 6.07) is 4.32. The van der Waals surface area contributed by atoms with Crippen LogP contribution in [0.3, 0.4) is 0 Å². The Hall–Kier alpha value is -2.35. The van der Waals surface area contributed by atoms with Crippen LogP contribution in [-0.4, -0.2) is 41.4 Å². The number of nitro benzene ring substituents is 1. The predicted octanol–water partition coefficient (Wildman–Crippen LogP) is 2.70. The molecule has 1 aromatic rings. The highest BCUT2D eigenvalue weighted by Gasteiger charge is 2.30. The quantitative estimate of drug-likeness (QED) is 0.285. The maximum Gasteiger partial charge on any atom is 0.310 e. The van der Waals surface area contributed by atoms with Gasteiger partial charge in [0.1, 0.15) is 0 Å². The molecule has 1 saturated heterocycles. The molecule has 8 heteroatoms. The summed E-state index contributed by atoms with van der Waals surface area (Å²) in [6.07, 6.45) is 1.37. The number of carbonyl (C=O) groups is 2. The Bertz CT molecular complexity index is 719. The van der Waals surface area contributed by atoms with Gasteiger partial charge in [0.2, 0.25) is 0 Å². The Morgan fingerprint density at radius 3 is 2.84 bits per heavy atom. The van der Waals surface area contributed by atoms with Crippen LogP contribution in [0.5, 0.6) is 0 Å². The highest BCUT2D eigenvalue weighted by Crippen LogP contribution is 2.28. The summed E-state index contributed by atoms with van der Waals surface area (Å²) in [4.78, 5) is 36.8. The second-order valence-electron chi connectivity index (χ2n) is 5.78. The molecule has 0 radical (unpaired) electrons. The largest absolute Gasteiger partial charge is 0.466 e. The van der Waals surface area contributed by atoms with E-state index in [0.29, 0.717) is 31.6 Å². The first-order valence-corrected chi connectivity index (χ1v) is 8.42. The summed E-state index contributed by atoms with van der Waals surface area (Å²) in [6.45, 7) is 6.60. The standard InChI is InChI=1S/C17H20N2O5S/c1-3-24-17(21)13-5-4-8-18(10-13)16(20)11(2)12-6-7-15(25)14(9-12)19(22)23/h6-7,9,13,25H,2-5,8,10H2,1H3. The molecule has 2 rings (SSSR count). The number of likely N-dealkylation sites (tertiary alicyclic amines) is 1. The number of carbonyl (C=O) groups excluding carboxylic acids is 2. The van der Waals surface area contributed by atoms with Crippen molar-refractivity contribution < 1.29 is 19.2 Å². The summed E-state index contributed by atoms with van der Waals surface area (Å²) < 4.78 is 5.03. The number of rotatable bonds is 5. The van der Waals surface area contributed by atoms with Gasteiger partial charge >= 0.3 is 5.97 Å². The van der Waals surface area contributed by atoms with E-state index in [1.54, 1.807) is 17.9 Å². The Kier molecular flexibility index (Phi) is 6.19. The number of amides is 1. The zero-order valence-corrected chi connectivity index (χ0v) is 14.8. The van der Waals surface area contributed by atoms with Crippen LogP contribution in [0, 0.1) is 16.0 Å². The number of nitrogens with zero attached hydrogens (tertiary/aromatic N) is 2. The lowest BCUT2D eigenvalue weighted by Gasteiger charge is -2.32. The molecule has 134 valence electrons. The van der Waals surface area contributed by atoms with E-state index < -0.39 is 4.92 Å². The van der Waals surface area contributed by atoms with Gasteiger partial charge in [0.05, 0.1) is 22.3 Å². The molecule has 0 saturated carbocycles. The molecule has 1 unspecified atom stereocenters. The first-order chi connectivity index (χ1) is 11.8. The highest BCUT2D eigenvalue weighted by molar-refractivity contribution is 7.80. The van der Waals surface area contributed by atoms with Gasteiger partial charge in [-0.15, -0.1) is 12.6 Å². The Morgan fingerprint density at radius 2 is 2.20 bits per heavy atom. The summed E-state index contributed by atoms with van der Waals surface area (Å²) in [5, 5.41) is 11.0. The minimum atomic E-state index is -0.554. The van der Waals surface area contributed by atoms with E-state index >= 15 is 0 Å². The molecule has 0 aromatic heterocycles. The fraction of sp³-hybridized carbons (Fsp3) is 0.412. The van der Waals surface area contributed by atoms with Crippen LogP contribution in [0.4, 0.5) is 5.69 Å². The number of ether oxygens (including phenoxy) is 1. The van der Waals surface area contributed by atoms with Crippen LogP contribution in [0.2, 0.25) is 0 Å². The van der Waals surface area contributed by atoms with Crippen LogP contribution >= 0.6 is 12.6 Å². The van der Waals surface area contributed by atoms with Gasteiger partial charge in [-0.05, 0) is 31.4 Å². The third-order valence-corrected chi connectivity index (χ3v) is 4.49. The van der Waals surface area contributed by atoms with Crippen molar-refractivity contribution in [2.24, 2.45) is 5.92 Å². The van der Waals surface area contributed by atoms with Crippen LogP contribution in [0.25, 0.3) is 5.57 Å². The fourth-order valence-corrected chi connectivity index (χ4v) is 3.01. The van der Waals surface area contributed by atoms with Gasteiger partial charge in [-0.1, -0.05) is 12.6 Å². The molecule has 0 spiro atoms. The zero-order valence-electron chi connectivity index (χ0n) is 13.9. The highest BCUT2D eigenvalue weighted by atomic mass is 32.1. The topological polar surface area (TPSA) is 89.8 Å². The maximum atomic E-state index is 12.7. The van der Waals surface area contributed by atoms with E-state index in [-0.39, 0.29) is 40.5 Å². The van der Waals surface area contributed by atoms with Gasteiger partial charge in [-0.3, -0.25) is 19.7 Å². The number of esters is 1. The molecule has 1 aromatic carbocycles. The first kappa shape index (κ1) is 19.0. The van der Waals surface area contributed by atoms with E-state index in [2.05, 4.69) is 19.2 Å².